The third-order valence-corrected chi connectivity index (χ3v) is 4.39. The van der Waals surface area contributed by atoms with Crippen molar-refractivity contribution in [3.63, 3.8) is 0 Å². The van der Waals surface area contributed by atoms with Gasteiger partial charge in [0.15, 0.2) is 0 Å². The van der Waals surface area contributed by atoms with Gasteiger partial charge < -0.3 is 0 Å². The monoisotopic (exact) mass is 202 g/mol. The first-order valence-electron chi connectivity index (χ1n) is 6.06. The molecular weight excluding hydrogens is 180 g/mol. The van der Waals surface area contributed by atoms with Crippen LogP contribution >= 0.6 is 0 Å². The Hall–Kier alpha value is -0.780. The highest BCUT2D eigenvalue weighted by Gasteiger charge is 2.37. The van der Waals surface area contributed by atoms with E-state index in [1.807, 2.05) is 0 Å². The summed E-state index contributed by atoms with van der Waals surface area (Å²) in [5, 5.41) is 0. The molecule has 0 spiro atoms. The van der Waals surface area contributed by atoms with Crippen molar-refractivity contribution in [3.8, 4) is 0 Å². The highest BCUT2D eigenvalue weighted by molar-refractivity contribution is 5.38. The maximum atomic E-state index is 2.44. The smallest absolute Gasteiger partial charge is 0.00126 e. The maximum absolute atomic E-state index is 2.44. The minimum atomic E-state index is 0.402. The van der Waals surface area contributed by atoms with Crippen molar-refractivity contribution >= 4 is 0 Å². The Balaban J connectivity index is 2.41. The molecule has 0 saturated heterocycles. The van der Waals surface area contributed by atoms with Crippen LogP contribution in [0.2, 0.25) is 0 Å². The van der Waals surface area contributed by atoms with Crippen LogP contribution in [0.15, 0.2) is 34.9 Å². The fourth-order valence-corrected chi connectivity index (χ4v) is 2.84. The lowest BCUT2D eigenvalue weighted by molar-refractivity contribution is 0.244. The number of fused-ring (bicyclic) bond motifs is 1. The average Bonchev–Trinajstić information content (AvgIpc) is 2.19. The summed E-state index contributed by atoms with van der Waals surface area (Å²) < 4.78 is 0. The number of rotatable bonds is 0. The van der Waals surface area contributed by atoms with Crippen LogP contribution in [0.1, 0.15) is 47.0 Å². The van der Waals surface area contributed by atoms with Gasteiger partial charge >= 0.3 is 0 Å². The van der Waals surface area contributed by atoms with E-state index >= 15 is 0 Å². The Bertz CT molecular complexity index is 350. The van der Waals surface area contributed by atoms with Gasteiger partial charge in [0, 0.05) is 0 Å². The van der Waals surface area contributed by atoms with E-state index in [0.717, 1.165) is 5.92 Å². The van der Waals surface area contributed by atoms with E-state index in [-0.39, 0.29) is 0 Å². The molecule has 0 N–H and O–H groups in total. The largest absolute Gasteiger partial charge is 0.0840 e. The first-order chi connectivity index (χ1) is 7.04. The van der Waals surface area contributed by atoms with Crippen molar-refractivity contribution in [2.75, 3.05) is 0 Å². The Morgan fingerprint density at radius 3 is 2.80 bits per heavy atom. The molecule has 2 aliphatic rings. The van der Waals surface area contributed by atoms with E-state index in [1.54, 1.807) is 11.1 Å². The molecular formula is C15H22. The molecule has 0 aromatic rings. The van der Waals surface area contributed by atoms with Crippen LogP contribution in [0.25, 0.3) is 0 Å². The molecule has 15 heavy (non-hydrogen) atoms. The third kappa shape index (κ3) is 1.71. The summed E-state index contributed by atoms with van der Waals surface area (Å²) in [7, 11) is 0. The Morgan fingerprint density at radius 2 is 2.13 bits per heavy atom. The van der Waals surface area contributed by atoms with E-state index in [4.69, 9.17) is 0 Å². The van der Waals surface area contributed by atoms with Gasteiger partial charge in [-0.3, -0.25) is 0 Å². The summed E-state index contributed by atoms with van der Waals surface area (Å²) in [6.45, 7) is 9.34. The normalized spacial score (nSPS) is 34.8. The van der Waals surface area contributed by atoms with E-state index in [0.29, 0.717) is 5.41 Å². The van der Waals surface area contributed by atoms with Crippen LogP contribution in [0.5, 0.6) is 0 Å². The van der Waals surface area contributed by atoms with Gasteiger partial charge in [0.2, 0.25) is 0 Å². The van der Waals surface area contributed by atoms with Crippen molar-refractivity contribution in [2.45, 2.75) is 47.0 Å². The summed E-state index contributed by atoms with van der Waals surface area (Å²) in [6, 6.07) is 0. The second-order valence-corrected chi connectivity index (χ2v) is 5.60. The third-order valence-electron chi connectivity index (χ3n) is 4.39. The van der Waals surface area contributed by atoms with Gasteiger partial charge in [-0.05, 0) is 50.0 Å². The van der Waals surface area contributed by atoms with E-state index in [9.17, 15) is 0 Å². The summed E-state index contributed by atoms with van der Waals surface area (Å²) in [5.74, 6) is 0.781. The molecule has 0 aromatic heterocycles. The van der Waals surface area contributed by atoms with Crippen LogP contribution in [0.3, 0.4) is 0 Å². The van der Waals surface area contributed by atoms with Gasteiger partial charge in [0.05, 0.1) is 0 Å². The van der Waals surface area contributed by atoms with Crippen molar-refractivity contribution in [3.05, 3.63) is 34.9 Å². The molecule has 0 radical (unpaired) electrons. The van der Waals surface area contributed by atoms with Crippen molar-refractivity contribution < 1.29 is 0 Å². The molecule has 2 aliphatic carbocycles. The van der Waals surface area contributed by atoms with Crippen molar-refractivity contribution in [1.29, 1.82) is 0 Å². The number of hydrogen-bond donors (Lipinski definition) is 0. The summed E-state index contributed by atoms with van der Waals surface area (Å²) in [4.78, 5) is 0. The first kappa shape index (κ1) is 10.7. The fraction of sp³-hybridized carbons (Fsp3) is 0.600. The van der Waals surface area contributed by atoms with E-state index < -0.39 is 0 Å². The summed E-state index contributed by atoms with van der Waals surface area (Å²) >= 11 is 0. The zero-order valence-corrected chi connectivity index (χ0v) is 10.4. The highest BCUT2D eigenvalue weighted by atomic mass is 14.4. The fourth-order valence-electron chi connectivity index (χ4n) is 2.84. The van der Waals surface area contributed by atoms with Gasteiger partial charge in [0.25, 0.3) is 0 Å². The lowest BCUT2D eigenvalue weighted by atomic mass is 9.61. The summed E-state index contributed by atoms with van der Waals surface area (Å²) in [5.41, 5.74) is 5.16. The lowest BCUT2D eigenvalue weighted by Gasteiger charge is -2.43. The number of hydrogen-bond acceptors (Lipinski definition) is 0. The van der Waals surface area contributed by atoms with E-state index in [2.05, 4.69) is 45.9 Å². The molecule has 0 unspecified atom stereocenters. The second-order valence-electron chi connectivity index (χ2n) is 5.60. The van der Waals surface area contributed by atoms with Gasteiger partial charge in [-0.25, -0.2) is 0 Å². The van der Waals surface area contributed by atoms with Crippen molar-refractivity contribution in [1.82, 2.24) is 0 Å². The van der Waals surface area contributed by atoms with Crippen LogP contribution in [0.4, 0.5) is 0 Å². The SMILES string of the molecule is CC(C)=C1CC=C2C=CC[C@@H](C)[C@@]2(C)C1. The predicted octanol–water partition coefficient (Wildman–Crippen LogP) is 4.65. The predicted molar refractivity (Wildman–Crippen MR) is 66.7 cm³/mol. The van der Waals surface area contributed by atoms with Gasteiger partial charge in [-0.2, -0.15) is 0 Å². The molecule has 0 aliphatic heterocycles. The molecule has 2 atom stereocenters. The van der Waals surface area contributed by atoms with Gasteiger partial charge in [-0.15, -0.1) is 0 Å². The summed E-state index contributed by atoms with van der Waals surface area (Å²) in [6.07, 6.45) is 10.8. The molecule has 0 heterocycles. The standard InChI is InChI=1S/C15H22/c1-11(2)13-8-9-14-7-5-6-12(3)15(14,4)10-13/h5,7,9,12H,6,8,10H2,1-4H3/t12-,15-/m1/s1. The van der Waals surface area contributed by atoms with Gasteiger partial charge in [0.1, 0.15) is 0 Å². The zero-order chi connectivity index (χ0) is 11.1. The van der Waals surface area contributed by atoms with E-state index in [1.165, 1.54) is 24.8 Å². The lowest BCUT2D eigenvalue weighted by Crippen LogP contribution is -2.32. The molecule has 0 heteroatoms. The van der Waals surface area contributed by atoms with Crippen LogP contribution in [-0.4, -0.2) is 0 Å². The molecule has 0 bridgehead atoms. The minimum absolute atomic E-state index is 0.402. The molecule has 2 rings (SSSR count). The van der Waals surface area contributed by atoms with Crippen LogP contribution in [0, 0.1) is 11.3 Å². The Labute approximate surface area is 93.8 Å². The average molecular weight is 202 g/mol. The first-order valence-corrected chi connectivity index (χ1v) is 6.06. The molecule has 0 amide bonds. The highest BCUT2D eigenvalue weighted by Crippen LogP contribution is 2.49. The minimum Gasteiger partial charge on any atom is -0.0840 e. The Morgan fingerprint density at radius 1 is 1.40 bits per heavy atom. The quantitative estimate of drug-likeness (QED) is 0.502. The molecule has 0 saturated carbocycles. The second kappa shape index (κ2) is 3.66. The molecule has 82 valence electrons. The topological polar surface area (TPSA) is 0 Å². The maximum Gasteiger partial charge on any atom is -0.00126 e. The van der Waals surface area contributed by atoms with Crippen LogP contribution in [-0.2, 0) is 0 Å². The molecule has 0 fully saturated rings. The zero-order valence-electron chi connectivity index (χ0n) is 10.4. The Kier molecular flexibility index (Phi) is 2.62. The van der Waals surface area contributed by atoms with Crippen LogP contribution < -0.4 is 0 Å². The van der Waals surface area contributed by atoms with Crippen molar-refractivity contribution in [2.24, 2.45) is 11.3 Å². The van der Waals surface area contributed by atoms with Gasteiger partial charge in [-0.1, -0.05) is 43.2 Å². The molecule has 0 aromatic carbocycles. The molecule has 0 nitrogen and oxygen atoms in total. The number of allylic oxidation sites excluding steroid dienone is 6.